The van der Waals surface area contributed by atoms with Gasteiger partial charge in [0.2, 0.25) is 0 Å². The van der Waals surface area contributed by atoms with Crippen molar-refractivity contribution < 1.29 is 4.74 Å². The normalized spacial score (nSPS) is 21.3. The molecule has 17 heavy (non-hydrogen) atoms. The second-order valence-electron chi connectivity index (χ2n) is 5.50. The van der Waals surface area contributed by atoms with E-state index in [4.69, 9.17) is 4.74 Å². The van der Waals surface area contributed by atoms with Crippen molar-refractivity contribution in [3.8, 4) is 5.75 Å². The summed E-state index contributed by atoms with van der Waals surface area (Å²) in [5.41, 5.74) is 4.30. The Balaban J connectivity index is 1.86. The Bertz CT molecular complexity index is 419. The Morgan fingerprint density at radius 2 is 2.00 bits per heavy atom. The third-order valence-corrected chi connectivity index (χ3v) is 4.18. The lowest BCUT2D eigenvalue weighted by atomic mass is 9.87. The summed E-state index contributed by atoms with van der Waals surface area (Å²) in [5.74, 6) is 1.91. The molecule has 1 saturated heterocycles. The van der Waals surface area contributed by atoms with E-state index in [1.807, 2.05) is 0 Å². The fourth-order valence-corrected chi connectivity index (χ4v) is 3.11. The summed E-state index contributed by atoms with van der Waals surface area (Å²) in [4.78, 5) is 2.43. The van der Waals surface area contributed by atoms with Gasteiger partial charge >= 0.3 is 0 Å². The second kappa shape index (κ2) is 4.34. The minimum Gasteiger partial charge on any atom is -0.493 e. The van der Waals surface area contributed by atoms with Crippen LogP contribution in [0.15, 0.2) is 12.1 Å². The first kappa shape index (κ1) is 11.1. The molecule has 1 aromatic carbocycles. The van der Waals surface area contributed by atoms with Crippen LogP contribution in [-0.2, 0) is 6.42 Å². The number of hydrogen-bond acceptors (Lipinski definition) is 2. The molecule has 0 unspecified atom stereocenters. The average molecular weight is 231 g/mol. The number of benzene rings is 1. The van der Waals surface area contributed by atoms with Crippen LogP contribution in [0, 0.1) is 6.92 Å². The lowest BCUT2D eigenvalue weighted by molar-refractivity contribution is 0.255. The third-order valence-electron chi connectivity index (χ3n) is 4.18. The van der Waals surface area contributed by atoms with Crippen LogP contribution in [0.25, 0.3) is 0 Å². The van der Waals surface area contributed by atoms with Gasteiger partial charge in [-0.05, 0) is 62.5 Å². The van der Waals surface area contributed by atoms with Crippen molar-refractivity contribution in [1.29, 1.82) is 0 Å². The number of nitrogens with zero attached hydrogens (tertiary/aromatic N) is 1. The van der Waals surface area contributed by atoms with E-state index in [2.05, 4.69) is 31.0 Å². The summed E-state index contributed by atoms with van der Waals surface area (Å²) in [6.45, 7) is 5.52. The van der Waals surface area contributed by atoms with Gasteiger partial charge in [0.25, 0.3) is 0 Å². The Hall–Kier alpha value is -1.02. The zero-order valence-corrected chi connectivity index (χ0v) is 10.8. The van der Waals surface area contributed by atoms with Gasteiger partial charge in [0.15, 0.2) is 0 Å². The number of rotatable bonds is 1. The molecule has 0 N–H and O–H groups in total. The molecule has 0 atom stereocenters. The number of piperidine rings is 1. The minimum absolute atomic E-state index is 0.760. The van der Waals surface area contributed by atoms with Gasteiger partial charge in [0.1, 0.15) is 5.75 Å². The van der Waals surface area contributed by atoms with Crippen molar-refractivity contribution in [2.24, 2.45) is 0 Å². The molecule has 2 aliphatic rings. The molecule has 2 heterocycles. The lowest BCUT2D eigenvalue weighted by Crippen LogP contribution is -2.29. The van der Waals surface area contributed by atoms with Gasteiger partial charge < -0.3 is 9.64 Å². The maximum Gasteiger partial charge on any atom is 0.125 e. The highest BCUT2D eigenvalue weighted by atomic mass is 16.5. The standard InChI is InChI=1S/C15H21NO/c1-11-9-14(10-13-5-8-17-15(11)13)12-3-6-16(2)7-4-12/h9-10,12H,3-8H2,1-2H3. The first-order chi connectivity index (χ1) is 8.24. The molecular formula is C15H21NO. The molecule has 2 nitrogen and oxygen atoms in total. The van der Waals surface area contributed by atoms with Crippen LogP contribution in [0.3, 0.4) is 0 Å². The first-order valence-electron chi connectivity index (χ1n) is 6.69. The third kappa shape index (κ3) is 2.06. The van der Waals surface area contributed by atoms with Crippen LogP contribution in [0.4, 0.5) is 0 Å². The molecule has 92 valence electrons. The van der Waals surface area contributed by atoms with Crippen molar-refractivity contribution in [1.82, 2.24) is 4.90 Å². The smallest absolute Gasteiger partial charge is 0.125 e. The van der Waals surface area contributed by atoms with Crippen LogP contribution >= 0.6 is 0 Å². The molecule has 0 saturated carbocycles. The first-order valence-corrected chi connectivity index (χ1v) is 6.69. The van der Waals surface area contributed by atoms with Crippen LogP contribution in [0.2, 0.25) is 0 Å². The number of ether oxygens (including phenoxy) is 1. The summed E-state index contributed by atoms with van der Waals surface area (Å²) < 4.78 is 5.68. The predicted octanol–water partition coefficient (Wildman–Crippen LogP) is 2.74. The summed E-state index contributed by atoms with van der Waals surface area (Å²) in [6, 6.07) is 4.74. The topological polar surface area (TPSA) is 12.5 Å². The van der Waals surface area contributed by atoms with E-state index >= 15 is 0 Å². The van der Waals surface area contributed by atoms with Gasteiger partial charge in [0, 0.05) is 6.42 Å². The van der Waals surface area contributed by atoms with Crippen LogP contribution in [0.5, 0.6) is 5.75 Å². The fourth-order valence-electron chi connectivity index (χ4n) is 3.11. The van der Waals surface area contributed by atoms with E-state index < -0.39 is 0 Å². The molecule has 0 aromatic heterocycles. The minimum atomic E-state index is 0.760. The van der Waals surface area contributed by atoms with Crippen molar-refractivity contribution in [2.75, 3.05) is 26.7 Å². The predicted molar refractivity (Wildman–Crippen MR) is 69.9 cm³/mol. The van der Waals surface area contributed by atoms with Crippen LogP contribution in [-0.4, -0.2) is 31.6 Å². The zero-order chi connectivity index (χ0) is 11.8. The van der Waals surface area contributed by atoms with E-state index in [0.717, 1.165) is 24.7 Å². The van der Waals surface area contributed by atoms with E-state index in [9.17, 15) is 0 Å². The van der Waals surface area contributed by atoms with E-state index in [1.54, 1.807) is 5.56 Å². The highest BCUT2D eigenvalue weighted by molar-refractivity contribution is 5.47. The molecular weight excluding hydrogens is 210 g/mol. The number of likely N-dealkylation sites (tertiary alicyclic amines) is 1. The molecule has 0 bridgehead atoms. The number of fused-ring (bicyclic) bond motifs is 1. The molecule has 0 aliphatic carbocycles. The highest BCUT2D eigenvalue weighted by Gasteiger charge is 2.22. The summed E-state index contributed by atoms with van der Waals surface area (Å²) >= 11 is 0. The number of aryl methyl sites for hydroxylation is 1. The van der Waals surface area contributed by atoms with E-state index in [0.29, 0.717) is 0 Å². The average Bonchev–Trinajstić information content (AvgIpc) is 2.78. The Labute approximate surface area is 104 Å². The maximum absolute atomic E-state index is 5.68. The summed E-state index contributed by atoms with van der Waals surface area (Å²) in [5, 5.41) is 0. The Kier molecular flexibility index (Phi) is 2.83. The molecule has 0 radical (unpaired) electrons. The van der Waals surface area contributed by atoms with Gasteiger partial charge in [-0.1, -0.05) is 12.1 Å². The fraction of sp³-hybridized carbons (Fsp3) is 0.600. The second-order valence-corrected chi connectivity index (χ2v) is 5.50. The van der Waals surface area contributed by atoms with Crippen molar-refractivity contribution in [3.05, 3.63) is 28.8 Å². The number of hydrogen-bond donors (Lipinski definition) is 0. The van der Waals surface area contributed by atoms with E-state index in [-0.39, 0.29) is 0 Å². The van der Waals surface area contributed by atoms with Gasteiger partial charge in [-0.15, -0.1) is 0 Å². The van der Waals surface area contributed by atoms with Crippen LogP contribution < -0.4 is 4.74 Å². The molecule has 1 aromatic rings. The van der Waals surface area contributed by atoms with Crippen molar-refractivity contribution >= 4 is 0 Å². The van der Waals surface area contributed by atoms with E-state index in [1.165, 1.54) is 37.1 Å². The van der Waals surface area contributed by atoms with Gasteiger partial charge in [0.05, 0.1) is 6.61 Å². The van der Waals surface area contributed by atoms with Gasteiger partial charge in [-0.2, -0.15) is 0 Å². The Morgan fingerprint density at radius 1 is 1.24 bits per heavy atom. The molecule has 0 amide bonds. The molecule has 2 heteroatoms. The monoisotopic (exact) mass is 231 g/mol. The van der Waals surface area contributed by atoms with Crippen LogP contribution in [0.1, 0.15) is 35.4 Å². The molecule has 2 aliphatic heterocycles. The summed E-state index contributed by atoms with van der Waals surface area (Å²) in [7, 11) is 2.22. The zero-order valence-electron chi connectivity index (χ0n) is 10.8. The summed E-state index contributed by atoms with van der Waals surface area (Å²) in [6.07, 6.45) is 3.70. The quantitative estimate of drug-likeness (QED) is 0.737. The highest BCUT2D eigenvalue weighted by Crippen LogP contribution is 2.35. The van der Waals surface area contributed by atoms with Crippen molar-refractivity contribution in [2.45, 2.75) is 32.1 Å². The van der Waals surface area contributed by atoms with Gasteiger partial charge in [-0.25, -0.2) is 0 Å². The lowest BCUT2D eigenvalue weighted by Gasteiger charge is -2.29. The van der Waals surface area contributed by atoms with Crippen molar-refractivity contribution in [3.63, 3.8) is 0 Å². The maximum atomic E-state index is 5.68. The molecule has 0 spiro atoms. The molecule has 3 rings (SSSR count). The Morgan fingerprint density at radius 3 is 2.76 bits per heavy atom. The largest absolute Gasteiger partial charge is 0.493 e. The van der Waals surface area contributed by atoms with Gasteiger partial charge in [-0.3, -0.25) is 0 Å². The molecule has 1 fully saturated rings. The SMILES string of the molecule is Cc1cc(C2CCN(C)CC2)cc2c1OCC2.